The number of carbonyl (C=O) groups excluding carboxylic acids is 1. The zero-order valence-corrected chi connectivity index (χ0v) is 14.8. The molecule has 0 bridgehead atoms. The molecule has 0 saturated carbocycles. The zero-order valence-electron chi connectivity index (χ0n) is 14.8. The number of rotatable bonds is 7. The number of amides is 1. The molecule has 1 aromatic heterocycles. The van der Waals surface area contributed by atoms with Crippen LogP contribution in [0.3, 0.4) is 0 Å². The first-order valence-corrected chi connectivity index (χ1v) is 8.79. The lowest BCUT2D eigenvalue weighted by molar-refractivity contribution is -0.118. The Kier molecular flexibility index (Phi) is 6.12. The molecular formula is C22H23N3O. The first-order valence-electron chi connectivity index (χ1n) is 8.79. The number of nitrogens with one attached hydrogen (secondary N) is 2. The first kappa shape index (κ1) is 17.8. The standard InChI is InChI=1S/C22H23N3O/c1-17(18-10-4-2-5-11-18)16-24-21(19-12-6-3-7-13-19)22(26)25-20-14-8-9-15-23-20/h2-15,17,21,24H,16H2,1H3,(H,23,25,26)/t17?,21-/m1/s1. The van der Waals surface area contributed by atoms with Crippen LogP contribution < -0.4 is 10.6 Å². The quantitative estimate of drug-likeness (QED) is 0.676. The second-order valence-corrected chi connectivity index (χ2v) is 6.27. The van der Waals surface area contributed by atoms with Crippen molar-refractivity contribution in [1.29, 1.82) is 0 Å². The van der Waals surface area contributed by atoms with Crippen LogP contribution in [-0.4, -0.2) is 17.4 Å². The van der Waals surface area contributed by atoms with Gasteiger partial charge in [0, 0.05) is 12.7 Å². The summed E-state index contributed by atoms with van der Waals surface area (Å²) >= 11 is 0. The van der Waals surface area contributed by atoms with Crippen LogP contribution in [0.1, 0.15) is 30.0 Å². The molecule has 1 unspecified atom stereocenters. The highest BCUT2D eigenvalue weighted by Gasteiger charge is 2.21. The van der Waals surface area contributed by atoms with Crippen LogP contribution in [-0.2, 0) is 4.79 Å². The van der Waals surface area contributed by atoms with Crippen LogP contribution >= 0.6 is 0 Å². The molecule has 1 amide bonds. The Morgan fingerprint density at radius 2 is 1.50 bits per heavy atom. The minimum absolute atomic E-state index is 0.116. The van der Waals surface area contributed by atoms with E-state index in [4.69, 9.17) is 0 Å². The van der Waals surface area contributed by atoms with Gasteiger partial charge in [0.25, 0.3) is 0 Å². The van der Waals surface area contributed by atoms with Crippen LogP contribution in [0.2, 0.25) is 0 Å². The van der Waals surface area contributed by atoms with Crippen molar-refractivity contribution in [2.24, 2.45) is 0 Å². The summed E-state index contributed by atoms with van der Waals surface area (Å²) in [5.41, 5.74) is 2.18. The van der Waals surface area contributed by atoms with E-state index >= 15 is 0 Å². The van der Waals surface area contributed by atoms with E-state index in [1.807, 2.05) is 60.7 Å². The Bertz CT molecular complexity index is 807. The normalized spacial score (nSPS) is 13.0. The molecule has 0 fully saturated rings. The number of hydrogen-bond donors (Lipinski definition) is 2. The van der Waals surface area contributed by atoms with E-state index in [0.29, 0.717) is 18.3 Å². The third kappa shape index (κ3) is 4.77. The van der Waals surface area contributed by atoms with Crippen LogP contribution in [0.5, 0.6) is 0 Å². The van der Waals surface area contributed by atoms with Gasteiger partial charge >= 0.3 is 0 Å². The fourth-order valence-corrected chi connectivity index (χ4v) is 2.84. The summed E-state index contributed by atoms with van der Waals surface area (Å²) in [7, 11) is 0. The van der Waals surface area contributed by atoms with Crippen LogP contribution in [0, 0.1) is 0 Å². The molecule has 3 aromatic rings. The molecule has 4 heteroatoms. The summed E-state index contributed by atoms with van der Waals surface area (Å²) in [5, 5.41) is 6.31. The summed E-state index contributed by atoms with van der Waals surface area (Å²) in [6.07, 6.45) is 1.66. The molecule has 0 radical (unpaired) electrons. The van der Waals surface area contributed by atoms with Gasteiger partial charge in [-0.1, -0.05) is 73.7 Å². The summed E-state index contributed by atoms with van der Waals surface area (Å²) in [6.45, 7) is 2.85. The largest absolute Gasteiger partial charge is 0.309 e. The molecule has 0 saturated heterocycles. The van der Waals surface area contributed by atoms with Gasteiger partial charge in [-0.15, -0.1) is 0 Å². The molecule has 2 N–H and O–H groups in total. The number of aromatic nitrogens is 1. The summed E-state index contributed by atoms with van der Waals surface area (Å²) in [4.78, 5) is 17.0. The van der Waals surface area contributed by atoms with Gasteiger partial charge in [-0.3, -0.25) is 4.79 Å². The van der Waals surface area contributed by atoms with Crippen molar-refractivity contribution in [2.75, 3.05) is 11.9 Å². The highest BCUT2D eigenvalue weighted by molar-refractivity contribution is 5.94. The predicted octanol–water partition coefficient (Wildman–Crippen LogP) is 4.15. The molecule has 3 rings (SSSR count). The molecule has 0 spiro atoms. The van der Waals surface area contributed by atoms with E-state index in [1.54, 1.807) is 12.3 Å². The van der Waals surface area contributed by atoms with Gasteiger partial charge in [0.2, 0.25) is 5.91 Å². The van der Waals surface area contributed by atoms with Crippen LogP contribution in [0.15, 0.2) is 85.1 Å². The molecule has 0 aliphatic rings. The minimum Gasteiger partial charge on any atom is -0.309 e. The Balaban J connectivity index is 1.72. The molecule has 2 atom stereocenters. The van der Waals surface area contributed by atoms with Gasteiger partial charge in [0.15, 0.2) is 0 Å². The smallest absolute Gasteiger partial charge is 0.247 e. The number of nitrogens with zero attached hydrogens (tertiary/aromatic N) is 1. The molecule has 0 aliphatic heterocycles. The molecule has 0 aliphatic carbocycles. The average molecular weight is 345 g/mol. The summed E-state index contributed by atoms with van der Waals surface area (Å²) in [6, 6.07) is 25.1. The second kappa shape index (κ2) is 8.92. The van der Waals surface area contributed by atoms with Crippen molar-refractivity contribution in [1.82, 2.24) is 10.3 Å². The number of hydrogen-bond acceptors (Lipinski definition) is 3. The van der Waals surface area contributed by atoms with E-state index in [9.17, 15) is 4.79 Å². The Morgan fingerprint density at radius 3 is 2.12 bits per heavy atom. The van der Waals surface area contributed by atoms with E-state index in [-0.39, 0.29) is 5.91 Å². The SMILES string of the molecule is CC(CN[C@@H](C(=O)Nc1ccccn1)c1ccccc1)c1ccccc1. The Labute approximate surface area is 154 Å². The maximum absolute atomic E-state index is 12.8. The van der Waals surface area contributed by atoms with Gasteiger partial charge in [0.1, 0.15) is 11.9 Å². The van der Waals surface area contributed by atoms with E-state index in [0.717, 1.165) is 5.56 Å². The highest BCUT2D eigenvalue weighted by atomic mass is 16.2. The van der Waals surface area contributed by atoms with Crippen molar-refractivity contribution < 1.29 is 4.79 Å². The number of pyridine rings is 1. The number of carbonyl (C=O) groups is 1. The Hall–Kier alpha value is -2.98. The Morgan fingerprint density at radius 1 is 0.885 bits per heavy atom. The van der Waals surface area contributed by atoms with Crippen molar-refractivity contribution >= 4 is 11.7 Å². The molecule has 4 nitrogen and oxygen atoms in total. The van der Waals surface area contributed by atoms with E-state index < -0.39 is 6.04 Å². The van der Waals surface area contributed by atoms with Crippen molar-refractivity contribution in [3.63, 3.8) is 0 Å². The van der Waals surface area contributed by atoms with Crippen molar-refractivity contribution in [3.05, 3.63) is 96.2 Å². The molecule has 1 heterocycles. The predicted molar refractivity (Wildman–Crippen MR) is 105 cm³/mol. The van der Waals surface area contributed by atoms with Crippen LogP contribution in [0.25, 0.3) is 0 Å². The first-order chi connectivity index (χ1) is 12.7. The van der Waals surface area contributed by atoms with E-state index in [2.05, 4.69) is 34.7 Å². The van der Waals surface area contributed by atoms with Crippen molar-refractivity contribution in [3.8, 4) is 0 Å². The average Bonchev–Trinajstić information content (AvgIpc) is 2.70. The third-order valence-electron chi connectivity index (χ3n) is 4.31. The van der Waals surface area contributed by atoms with Gasteiger partial charge in [-0.2, -0.15) is 0 Å². The van der Waals surface area contributed by atoms with Gasteiger partial charge in [-0.05, 0) is 29.2 Å². The monoisotopic (exact) mass is 345 g/mol. The third-order valence-corrected chi connectivity index (χ3v) is 4.31. The number of anilines is 1. The highest BCUT2D eigenvalue weighted by Crippen LogP contribution is 2.18. The maximum atomic E-state index is 12.8. The van der Waals surface area contributed by atoms with Crippen molar-refractivity contribution in [2.45, 2.75) is 18.9 Å². The lowest BCUT2D eigenvalue weighted by Crippen LogP contribution is -2.35. The molecule has 2 aromatic carbocycles. The van der Waals surface area contributed by atoms with Gasteiger partial charge in [-0.25, -0.2) is 4.98 Å². The fraction of sp³-hybridized carbons (Fsp3) is 0.182. The minimum atomic E-state index is -0.440. The maximum Gasteiger partial charge on any atom is 0.247 e. The molecular weight excluding hydrogens is 322 g/mol. The topological polar surface area (TPSA) is 54.0 Å². The number of benzene rings is 2. The lowest BCUT2D eigenvalue weighted by Gasteiger charge is -2.21. The summed E-state index contributed by atoms with van der Waals surface area (Å²) < 4.78 is 0. The lowest BCUT2D eigenvalue weighted by atomic mass is 10.00. The fourth-order valence-electron chi connectivity index (χ4n) is 2.84. The van der Waals surface area contributed by atoms with E-state index in [1.165, 1.54) is 5.56 Å². The van der Waals surface area contributed by atoms with Gasteiger partial charge < -0.3 is 10.6 Å². The van der Waals surface area contributed by atoms with Crippen LogP contribution in [0.4, 0.5) is 5.82 Å². The molecule has 132 valence electrons. The molecule has 26 heavy (non-hydrogen) atoms. The zero-order chi connectivity index (χ0) is 18.2. The van der Waals surface area contributed by atoms with Gasteiger partial charge in [0.05, 0.1) is 0 Å². The summed E-state index contributed by atoms with van der Waals surface area (Å²) in [5.74, 6) is 0.733. The second-order valence-electron chi connectivity index (χ2n) is 6.27.